The van der Waals surface area contributed by atoms with Gasteiger partial charge in [0.15, 0.2) is 0 Å². The SMILES string of the molecule is CC(OC(=O)c1ccccc1-n1cccn1)c1cccnc1. The summed E-state index contributed by atoms with van der Waals surface area (Å²) in [5.41, 5.74) is 2.02. The average molecular weight is 293 g/mol. The van der Waals surface area contributed by atoms with Gasteiger partial charge in [-0.25, -0.2) is 9.48 Å². The highest BCUT2D eigenvalue weighted by Gasteiger charge is 2.17. The normalized spacial score (nSPS) is 11.9. The van der Waals surface area contributed by atoms with Crippen molar-refractivity contribution < 1.29 is 9.53 Å². The Labute approximate surface area is 128 Å². The lowest BCUT2D eigenvalue weighted by molar-refractivity contribution is 0.0337. The molecule has 3 aromatic rings. The fraction of sp³-hybridized carbons (Fsp3) is 0.118. The largest absolute Gasteiger partial charge is 0.454 e. The van der Waals surface area contributed by atoms with Gasteiger partial charge in [0.2, 0.25) is 0 Å². The van der Waals surface area contributed by atoms with E-state index in [2.05, 4.69) is 10.1 Å². The van der Waals surface area contributed by atoms with Crippen molar-refractivity contribution in [2.45, 2.75) is 13.0 Å². The lowest BCUT2D eigenvalue weighted by Gasteiger charge is -2.15. The Kier molecular flexibility index (Phi) is 3.96. The maximum atomic E-state index is 12.5. The predicted octanol–water partition coefficient (Wildman–Crippen LogP) is 3.19. The Bertz CT molecular complexity index is 755. The van der Waals surface area contributed by atoms with Crippen LogP contribution in [0.15, 0.2) is 67.3 Å². The van der Waals surface area contributed by atoms with Crippen LogP contribution in [0.1, 0.15) is 28.9 Å². The first-order valence-corrected chi connectivity index (χ1v) is 6.95. The third kappa shape index (κ3) is 2.88. The van der Waals surface area contributed by atoms with Crippen LogP contribution in [-0.4, -0.2) is 20.7 Å². The van der Waals surface area contributed by atoms with E-state index in [-0.39, 0.29) is 12.1 Å². The number of para-hydroxylation sites is 1. The van der Waals surface area contributed by atoms with Gasteiger partial charge in [0.1, 0.15) is 6.10 Å². The average Bonchev–Trinajstić information content (AvgIpc) is 3.10. The number of rotatable bonds is 4. The van der Waals surface area contributed by atoms with Crippen LogP contribution in [0.5, 0.6) is 0 Å². The third-order valence-electron chi connectivity index (χ3n) is 3.31. The Morgan fingerprint density at radius 1 is 1.14 bits per heavy atom. The van der Waals surface area contributed by atoms with Crippen molar-refractivity contribution >= 4 is 5.97 Å². The molecule has 2 heterocycles. The van der Waals surface area contributed by atoms with Crippen molar-refractivity contribution in [3.8, 4) is 5.69 Å². The van der Waals surface area contributed by atoms with Gasteiger partial charge in [0, 0.05) is 30.4 Å². The minimum absolute atomic E-state index is 0.369. The summed E-state index contributed by atoms with van der Waals surface area (Å²) in [5, 5.41) is 4.17. The quantitative estimate of drug-likeness (QED) is 0.693. The number of esters is 1. The van der Waals surface area contributed by atoms with Crippen molar-refractivity contribution in [1.82, 2.24) is 14.8 Å². The predicted molar refractivity (Wildman–Crippen MR) is 81.6 cm³/mol. The molecule has 1 atom stereocenters. The molecule has 0 aliphatic carbocycles. The number of carbonyl (C=O) groups is 1. The summed E-state index contributed by atoms with van der Waals surface area (Å²) in [4.78, 5) is 16.5. The van der Waals surface area contributed by atoms with E-state index in [0.29, 0.717) is 11.3 Å². The van der Waals surface area contributed by atoms with E-state index in [4.69, 9.17) is 4.74 Å². The van der Waals surface area contributed by atoms with Gasteiger partial charge in [-0.1, -0.05) is 18.2 Å². The van der Waals surface area contributed by atoms with Gasteiger partial charge in [0.05, 0.1) is 11.3 Å². The molecule has 0 radical (unpaired) electrons. The first-order valence-electron chi connectivity index (χ1n) is 6.95. The van der Waals surface area contributed by atoms with E-state index < -0.39 is 0 Å². The Balaban J connectivity index is 1.84. The van der Waals surface area contributed by atoms with Crippen molar-refractivity contribution in [3.05, 3.63) is 78.4 Å². The maximum Gasteiger partial charge on any atom is 0.340 e. The van der Waals surface area contributed by atoms with E-state index in [0.717, 1.165) is 5.56 Å². The zero-order chi connectivity index (χ0) is 15.4. The molecule has 0 saturated heterocycles. The van der Waals surface area contributed by atoms with Crippen LogP contribution in [0.25, 0.3) is 5.69 Å². The number of hydrogen-bond acceptors (Lipinski definition) is 4. The molecule has 2 aromatic heterocycles. The Morgan fingerprint density at radius 3 is 2.73 bits per heavy atom. The molecule has 0 N–H and O–H groups in total. The summed E-state index contributed by atoms with van der Waals surface area (Å²) in [6.45, 7) is 1.82. The molecule has 0 bridgehead atoms. The molecular weight excluding hydrogens is 278 g/mol. The van der Waals surface area contributed by atoms with E-state index in [9.17, 15) is 4.79 Å². The molecule has 0 saturated carbocycles. The number of benzene rings is 1. The number of nitrogens with zero attached hydrogens (tertiary/aromatic N) is 3. The molecule has 5 heteroatoms. The number of ether oxygens (including phenoxy) is 1. The molecule has 0 spiro atoms. The van der Waals surface area contributed by atoms with Gasteiger partial charge >= 0.3 is 5.97 Å². The minimum Gasteiger partial charge on any atom is -0.454 e. The number of aromatic nitrogens is 3. The van der Waals surface area contributed by atoms with Crippen LogP contribution in [0, 0.1) is 0 Å². The fourth-order valence-corrected chi connectivity index (χ4v) is 2.17. The molecule has 5 nitrogen and oxygen atoms in total. The number of hydrogen-bond donors (Lipinski definition) is 0. The highest BCUT2D eigenvalue weighted by molar-refractivity contribution is 5.93. The minimum atomic E-state index is -0.387. The highest BCUT2D eigenvalue weighted by Crippen LogP contribution is 2.20. The van der Waals surface area contributed by atoms with Crippen molar-refractivity contribution in [3.63, 3.8) is 0 Å². The molecule has 1 aromatic carbocycles. The van der Waals surface area contributed by atoms with E-state index >= 15 is 0 Å². The molecule has 22 heavy (non-hydrogen) atoms. The molecule has 110 valence electrons. The first kappa shape index (κ1) is 14.0. The van der Waals surface area contributed by atoms with E-state index in [1.165, 1.54) is 0 Å². The molecule has 3 rings (SSSR count). The third-order valence-corrected chi connectivity index (χ3v) is 3.31. The molecule has 0 aliphatic rings. The van der Waals surface area contributed by atoms with Crippen molar-refractivity contribution in [2.75, 3.05) is 0 Å². The lowest BCUT2D eigenvalue weighted by Crippen LogP contribution is -2.12. The van der Waals surface area contributed by atoms with Crippen LogP contribution in [0.4, 0.5) is 0 Å². The van der Waals surface area contributed by atoms with Crippen molar-refractivity contribution in [2.24, 2.45) is 0 Å². The second-order valence-electron chi connectivity index (χ2n) is 4.80. The molecular formula is C17H15N3O2. The summed E-state index contributed by atoms with van der Waals surface area (Å²) in [6, 6.07) is 12.7. The smallest absolute Gasteiger partial charge is 0.340 e. The Hall–Kier alpha value is -2.95. The van der Waals surface area contributed by atoms with E-state index in [1.54, 1.807) is 47.7 Å². The zero-order valence-corrected chi connectivity index (χ0v) is 12.1. The fourth-order valence-electron chi connectivity index (χ4n) is 2.17. The monoisotopic (exact) mass is 293 g/mol. The van der Waals surface area contributed by atoms with Crippen LogP contribution in [0.2, 0.25) is 0 Å². The van der Waals surface area contributed by atoms with Gasteiger partial charge in [-0.3, -0.25) is 4.98 Å². The second kappa shape index (κ2) is 6.22. The molecule has 1 unspecified atom stereocenters. The van der Waals surface area contributed by atoms with Gasteiger partial charge < -0.3 is 4.74 Å². The van der Waals surface area contributed by atoms with Gasteiger partial charge in [-0.05, 0) is 31.2 Å². The summed E-state index contributed by atoms with van der Waals surface area (Å²) < 4.78 is 7.19. The summed E-state index contributed by atoms with van der Waals surface area (Å²) in [5.74, 6) is -0.387. The summed E-state index contributed by atoms with van der Waals surface area (Å²) >= 11 is 0. The number of pyridine rings is 1. The maximum absolute atomic E-state index is 12.5. The van der Waals surface area contributed by atoms with Crippen LogP contribution in [0.3, 0.4) is 0 Å². The van der Waals surface area contributed by atoms with Gasteiger partial charge in [-0.2, -0.15) is 5.10 Å². The van der Waals surface area contributed by atoms with E-state index in [1.807, 2.05) is 31.2 Å². The van der Waals surface area contributed by atoms with Crippen molar-refractivity contribution in [1.29, 1.82) is 0 Å². The first-order chi connectivity index (χ1) is 10.8. The van der Waals surface area contributed by atoms with Crippen LogP contribution in [-0.2, 0) is 4.74 Å². The van der Waals surface area contributed by atoms with Crippen LogP contribution < -0.4 is 0 Å². The lowest BCUT2D eigenvalue weighted by atomic mass is 10.1. The van der Waals surface area contributed by atoms with Crippen LogP contribution >= 0.6 is 0 Å². The Morgan fingerprint density at radius 2 is 2.00 bits per heavy atom. The molecule has 0 aliphatic heterocycles. The molecule has 0 amide bonds. The summed E-state index contributed by atoms with van der Waals surface area (Å²) in [7, 11) is 0. The zero-order valence-electron chi connectivity index (χ0n) is 12.1. The summed E-state index contributed by atoms with van der Waals surface area (Å²) in [6.07, 6.45) is 6.46. The second-order valence-corrected chi connectivity index (χ2v) is 4.80. The topological polar surface area (TPSA) is 57.0 Å². The number of carbonyl (C=O) groups excluding carboxylic acids is 1. The standard InChI is InChI=1S/C17H15N3O2/c1-13(14-6-4-9-18-12-14)22-17(21)15-7-2-3-8-16(15)20-11-5-10-19-20/h2-13H,1H3. The van der Waals surface area contributed by atoms with Gasteiger partial charge in [-0.15, -0.1) is 0 Å². The van der Waals surface area contributed by atoms with Gasteiger partial charge in [0.25, 0.3) is 0 Å². The highest BCUT2D eigenvalue weighted by atomic mass is 16.5. The molecule has 0 fully saturated rings.